The molecule has 0 amide bonds. The number of nitrogens with one attached hydrogen (secondary N) is 1. The minimum atomic E-state index is -0.264. The molecule has 4 rings (SSSR count). The van der Waals surface area contributed by atoms with Crippen molar-refractivity contribution in [2.75, 3.05) is 7.11 Å². The maximum atomic E-state index is 13.3. The molecule has 1 N–H and O–H groups in total. The first-order chi connectivity index (χ1) is 11.8. The van der Waals surface area contributed by atoms with Gasteiger partial charge in [-0.2, -0.15) is 4.98 Å². The van der Waals surface area contributed by atoms with Gasteiger partial charge in [-0.05, 0) is 53.6 Å². The Morgan fingerprint density at radius 2 is 1.67 bits per heavy atom. The van der Waals surface area contributed by atoms with Gasteiger partial charge in [0.15, 0.2) is 0 Å². The molecule has 0 saturated heterocycles. The number of nitrogens with zero attached hydrogens (tertiary/aromatic N) is 2. The van der Waals surface area contributed by atoms with Crippen LogP contribution in [0.4, 0.5) is 4.39 Å². The van der Waals surface area contributed by atoms with Gasteiger partial charge in [0, 0.05) is 29.4 Å². The lowest BCUT2D eigenvalue weighted by molar-refractivity contribution is 0.399. The van der Waals surface area contributed by atoms with Crippen LogP contribution < -0.4 is 4.74 Å². The number of hydrogen-bond acceptors (Lipinski definition) is 3. The summed E-state index contributed by atoms with van der Waals surface area (Å²) < 4.78 is 18.5. The number of pyridine rings is 2. The summed E-state index contributed by atoms with van der Waals surface area (Å²) in [6.07, 6.45) is 3.50. The standard InChI is InChI=1S/C19H14FN3O/c1-24-16-7-6-15-17(12-8-10-21-11-9-12)18(23-19(15)22-16)13-2-4-14(20)5-3-13/h2-11H,1H3,(H,22,23). The van der Waals surface area contributed by atoms with E-state index in [9.17, 15) is 4.39 Å². The van der Waals surface area contributed by atoms with Gasteiger partial charge in [0.25, 0.3) is 0 Å². The average molecular weight is 319 g/mol. The van der Waals surface area contributed by atoms with Crippen LogP contribution in [-0.2, 0) is 0 Å². The summed E-state index contributed by atoms with van der Waals surface area (Å²) in [4.78, 5) is 11.9. The molecule has 0 bridgehead atoms. The molecule has 4 nitrogen and oxygen atoms in total. The maximum Gasteiger partial charge on any atom is 0.214 e. The number of methoxy groups -OCH3 is 1. The largest absolute Gasteiger partial charge is 0.481 e. The highest BCUT2D eigenvalue weighted by Crippen LogP contribution is 2.38. The maximum absolute atomic E-state index is 13.3. The molecule has 0 aliphatic rings. The Bertz CT molecular complexity index is 994. The molecule has 0 atom stereocenters. The van der Waals surface area contributed by atoms with Gasteiger partial charge in [0.05, 0.1) is 12.8 Å². The Morgan fingerprint density at radius 1 is 0.917 bits per heavy atom. The lowest BCUT2D eigenvalue weighted by Crippen LogP contribution is -1.86. The van der Waals surface area contributed by atoms with Crippen molar-refractivity contribution in [1.29, 1.82) is 0 Å². The number of hydrogen-bond donors (Lipinski definition) is 1. The summed E-state index contributed by atoms with van der Waals surface area (Å²) >= 11 is 0. The Labute approximate surface area is 138 Å². The number of rotatable bonds is 3. The first-order valence-electron chi connectivity index (χ1n) is 7.49. The highest BCUT2D eigenvalue weighted by molar-refractivity contribution is 6.02. The molecule has 0 saturated carbocycles. The highest BCUT2D eigenvalue weighted by atomic mass is 19.1. The molecular formula is C19H14FN3O. The predicted octanol–water partition coefficient (Wildman–Crippen LogP) is 4.44. The molecule has 5 heteroatoms. The number of benzene rings is 1. The van der Waals surface area contributed by atoms with E-state index in [-0.39, 0.29) is 5.82 Å². The third-order valence-electron chi connectivity index (χ3n) is 3.94. The van der Waals surface area contributed by atoms with E-state index in [4.69, 9.17) is 4.74 Å². The first-order valence-corrected chi connectivity index (χ1v) is 7.49. The Kier molecular flexibility index (Phi) is 3.46. The fourth-order valence-corrected chi connectivity index (χ4v) is 2.82. The number of fused-ring (bicyclic) bond motifs is 1. The van der Waals surface area contributed by atoms with Crippen LogP contribution >= 0.6 is 0 Å². The normalized spacial score (nSPS) is 10.9. The van der Waals surface area contributed by atoms with Crippen LogP contribution in [0.5, 0.6) is 5.88 Å². The quantitative estimate of drug-likeness (QED) is 0.607. The number of aromatic nitrogens is 3. The third-order valence-corrected chi connectivity index (χ3v) is 3.94. The third kappa shape index (κ3) is 2.40. The molecule has 1 aromatic carbocycles. The summed E-state index contributed by atoms with van der Waals surface area (Å²) in [7, 11) is 1.59. The monoisotopic (exact) mass is 319 g/mol. The van der Waals surface area contributed by atoms with Crippen molar-refractivity contribution in [1.82, 2.24) is 15.0 Å². The zero-order valence-electron chi connectivity index (χ0n) is 13.0. The molecule has 0 unspecified atom stereocenters. The van der Waals surface area contributed by atoms with Crippen LogP contribution in [0.25, 0.3) is 33.4 Å². The minimum absolute atomic E-state index is 0.264. The summed E-state index contributed by atoms with van der Waals surface area (Å²) in [5.41, 5.74) is 4.52. The summed E-state index contributed by atoms with van der Waals surface area (Å²) in [6.45, 7) is 0. The van der Waals surface area contributed by atoms with Gasteiger partial charge >= 0.3 is 0 Å². The molecule has 0 radical (unpaired) electrons. The fraction of sp³-hybridized carbons (Fsp3) is 0.0526. The van der Waals surface area contributed by atoms with Crippen molar-refractivity contribution in [2.45, 2.75) is 0 Å². The lowest BCUT2D eigenvalue weighted by Gasteiger charge is -2.05. The number of halogens is 1. The number of aromatic amines is 1. The van der Waals surface area contributed by atoms with Gasteiger partial charge in [-0.25, -0.2) is 4.39 Å². The molecule has 0 spiro atoms. The van der Waals surface area contributed by atoms with E-state index < -0.39 is 0 Å². The Morgan fingerprint density at radius 3 is 2.38 bits per heavy atom. The van der Waals surface area contributed by atoms with Crippen LogP contribution in [0, 0.1) is 5.82 Å². The summed E-state index contributed by atoms with van der Waals surface area (Å²) in [5.74, 6) is 0.274. The van der Waals surface area contributed by atoms with E-state index in [0.29, 0.717) is 5.88 Å². The Balaban J connectivity index is 2.02. The molecule has 4 aromatic rings. The van der Waals surface area contributed by atoms with Gasteiger partial charge in [-0.1, -0.05) is 0 Å². The van der Waals surface area contributed by atoms with Crippen LogP contribution in [0.2, 0.25) is 0 Å². The predicted molar refractivity (Wildman–Crippen MR) is 91.3 cm³/mol. The minimum Gasteiger partial charge on any atom is -0.481 e. The smallest absolute Gasteiger partial charge is 0.214 e. The van der Waals surface area contributed by atoms with Crippen LogP contribution in [0.3, 0.4) is 0 Å². The fourth-order valence-electron chi connectivity index (χ4n) is 2.82. The summed E-state index contributed by atoms with van der Waals surface area (Å²) in [6, 6.07) is 14.1. The van der Waals surface area contributed by atoms with Crippen molar-refractivity contribution in [2.24, 2.45) is 0 Å². The van der Waals surface area contributed by atoms with Gasteiger partial charge < -0.3 is 9.72 Å². The van der Waals surface area contributed by atoms with Gasteiger partial charge in [0.2, 0.25) is 5.88 Å². The number of H-pyrrole nitrogens is 1. The molecule has 0 fully saturated rings. The van der Waals surface area contributed by atoms with Gasteiger partial charge in [-0.15, -0.1) is 0 Å². The second-order valence-corrected chi connectivity index (χ2v) is 5.37. The van der Waals surface area contributed by atoms with Crippen LogP contribution in [-0.4, -0.2) is 22.1 Å². The van der Waals surface area contributed by atoms with E-state index in [1.54, 1.807) is 31.6 Å². The van der Waals surface area contributed by atoms with E-state index in [0.717, 1.165) is 33.4 Å². The zero-order chi connectivity index (χ0) is 16.5. The first kappa shape index (κ1) is 14.4. The zero-order valence-corrected chi connectivity index (χ0v) is 13.0. The second kappa shape index (κ2) is 5.77. The molecule has 3 heterocycles. The average Bonchev–Trinajstić information content (AvgIpc) is 3.01. The Hall–Kier alpha value is -3.21. The molecular weight excluding hydrogens is 305 g/mol. The highest BCUT2D eigenvalue weighted by Gasteiger charge is 2.16. The molecule has 0 aliphatic heterocycles. The lowest BCUT2D eigenvalue weighted by atomic mass is 10.00. The van der Waals surface area contributed by atoms with Gasteiger partial charge in [0.1, 0.15) is 11.5 Å². The SMILES string of the molecule is COc1ccc2c(-c3ccncc3)c(-c3ccc(F)cc3)[nH]c2n1. The topological polar surface area (TPSA) is 50.8 Å². The summed E-state index contributed by atoms with van der Waals surface area (Å²) in [5, 5.41) is 0.973. The molecule has 24 heavy (non-hydrogen) atoms. The van der Waals surface area contributed by atoms with Crippen molar-refractivity contribution >= 4 is 11.0 Å². The van der Waals surface area contributed by atoms with Crippen molar-refractivity contribution in [3.63, 3.8) is 0 Å². The van der Waals surface area contributed by atoms with E-state index in [1.807, 2.05) is 24.3 Å². The molecule has 0 aliphatic carbocycles. The van der Waals surface area contributed by atoms with E-state index in [1.165, 1.54) is 12.1 Å². The second-order valence-electron chi connectivity index (χ2n) is 5.37. The van der Waals surface area contributed by atoms with Gasteiger partial charge in [-0.3, -0.25) is 4.98 Å². The van der Waals surface area contributed by atoms with Crippen LogP contribution in [0.1, 0.15) is 0 Å². The van der Waals surface area contributed by atoms with Crippen molar-refractivity contribution < 1.29 is 9.13 Å². The molecule has 118 valence electrons. The van der Waals surface area contributed by atoms with E-state index in [2.05, 4.69) is 15.0 Å². The van der Waals surface area contributed by atoms with Crippen molar-refractivity contribution in [3.8, 4) is 28.3 Å². The van der Waals surface area contributed by atoms with Crippen LogP contribution in [0.15, 0.2) is 60.9 Å². The van der Waals surface area contributed by atoms with Crippen molar-refractivity contribution in [3.05, 3.63) is 66.7 Å². The van der Waals surface area contributed by atoms with E-state index >= 15 is 0 Å². The molecule has 3 aromatic heterocycles. The number of ether oxygens (including phenoxy) is 1.